The van der Waals surface area contributed by atoms with Crippen LogP contribution in [-0.4, -0.2) is 6.29 Å². The molecule has 0 fully saturated rings. The number of halogens is 1. The molecule has 0 radical (unpaired) electrons. The summed E-state index contributed by atoms with van der Waals surface area (Å²) in [5, 5.41) is 0. The van der Waals surface area contributed by atoms with Gasteiger partial charge in [-0.2, -0.15) is 0 Å². The number of benzene rings is 1. The van der Waals surface area contributed by atoms with Gasteiger partial charge in [0, 0.05) is 5.41 Å². The molecule has 1 atom stereocenters. The van der Waals surface area contributed by atoms with E-state index in [2.05, 4.69) is 0 Å². The second-order valence-corrected chi connectivity index (χ2v) is 4.84. The van der Waals surface area contributed by atoms with Crippen molar-refractivity contribution in [3.8, 4) is 0 Å². The van der Waals surface area contributed by atoms with E-state index < -0.39 is 0 Å². The van der Waals surface area contributed by atoms with Crippen LogP contribution in [0.15, 0.2) is 18.2 Å². The van der Waals surface area contributed by atoms with Gasteiger partial charge in [-0.25, -0.2) is 4.39 Å². The smallest absolute Gasteiger partial charge is 0.126 e. The largest absolute Gasteiger partial charge is 0.303 e. The minimum Gasteiger partial charge on any atom is -0.303 e. The monoisotopic (exact) mass is 206 g/mol. The fraction of sp³-hybridized carbons (Fsp3) is 0.462. The number of fused-ring (bicyclic) bond motifs is 1. The molecule has 0 heterocycles. The van der Waals surface area contributed by atoms with E-state index in [-0.39, 0.29) is 17.2 Å². The predicted molar refractivity (Wildman–Crippen MR) is 57.3 cm³/mol. The van der Waals surface area contributed by atoms with E-state index in [1.165, 1.54) is 6.07 Å². The highest BCUT2D eigenvalue weighted by atomic mass is 19.1. The normalized spacial score (nSPS) is 20.1. The van der Waals surface area contributed by atoms with Crippen molar-refractivity contribution in [2.75, 3.05) is 0 Å². The van der Waals surface area contributed by atoms with Gasteiger partial charge in [-0.15, -0.1) is 0 Å². The van der Waals surface area contributed by atoms with Crippen molar-refractivity contribution in [1.82, 2.24) is 0 Å². The van der Waals surface area contributed by atoms with Crippen LogP contribution < -0.4 is 0 Å². The number of carbonyl (C=O) groups is 1. The fourth-order valence-electron chi connectivity index (χ4n) is 2.46. The Balaban J connectivity index is 2.45. The van der Waals surface area contributed by atoms with Crippen LogP contribution in [-0.2, 0) is 11.2 Å². The van der Waals surface area contributed by atoms with Gasteiger partial charge in [0.05, 0.1) is 0 Å². The van der Waals surface area contributed by atoms with Gasteiger partial charge in [0.1, 0.15) is 12.1 Å². The maximum Gasteiger partial charge on any atom is 0.126 e. The first-order valence-electron chi connectivity index (χ1n) is 5.30. The summed E-state index contributed by atoms with van der Waals surface area (Å²) in [6.45, 7) is 3.84. The Labute approximate surface area is 89.3 Å². The minimum absolute atomic E-state index is 0.128. The maximum atomic E-state index is 13.5. The molecular weight excluding hydrogens is 191 g/mol. The molecule has 0 aromatic heterocycles. The van der Waals surface area contributed by atoms with Crippen LogP contribution in [0, 0.1) is 11.2 Å². The number of carbonyl (C=O) groups excluding carboxylic acids is 1. The minimum atomic E-state index is -0.390. The van der Waals surface area contributed by atoms with Gasteiger partial charge in [0.2, 0.25) is 0 Å². The maximum absolute atomic E-state index is 13.5. The summed E-state index contributed by atoms with van der Waals surface area (Å²) in [5.74, 6) is 0.0393. The first-order chi connectivity index (χ1) is 7.06. The molecule has 0 aliphatic heterocycles. The van der Waals surface area contributed by atoms with Crippen molar-refractivity contribution in [1.29, 1.82) is 0 Å². The Morgan fingerprint density at radius 3 is 2.87 bits per heavy atom. The van der Waals surface area contributed by atoms with Crippen LogP contribution in [0.2, 0.25) is 0 Å². The molecule has 1 aliphatic rings. The first kappa shape index (κ1) is 10.3. The summed E-state index contributed by atoms with van der Waals surface area (Å²) in [7, 11) is 0. The molecule has 1 nitrogen and oxygen atoms in total. The van der Waals surface area contributed by atoms with Crippen molar-refractivity contribution in [3.05, 3.63) is 35.1 Å². The molecule has 15 heavy (non-hydrogen) atoms. The van der Waals surface area contributed by atoms with Gasteiger partial charge < -0.3 is 4.79 Å². The van der Waals surface area contributed by atoms with Gasteiger partial charge in [-0.1, -0.05) is 26.0 Å². The zero-order valence-electron chi connectivity index (χ0n) is 9.09. The van der Waals surface area contributed by atoms with Crippen LogP contribution in [0.1, 0.15) is 37.3 Å². The molecule has 0 saturated carbocycles. The molecule has 1 aliphatic carbocycles. The van der Waals surface area contributed by atoms with E-state index in [4.69, 9.17) is 0 Å². The molecule has 1 aromatic rings. The first-order valence-corrected chi connectivity index (χ1v) is 5.30. The van der Waals surface area contributed by atoms with Crippen LogP contribution in [0.25, 0.3) is 0 Å². The van der Waals surface area contributed by atoms with E-state index in [0.717, 1.165) is 30.3 Å². The van der Waals surface area contributed by atoms with Crippen molar-refractivity contribution < 1.29 is 9.18 Å². The zero-order valence-corrected chi connectivity index (χ0v) is 9.09. The van der Waals surface area contributed by atoms with E-state index >= 15 is 0 Å². The van der Waals surface area contributed by atoms with Crippen LogP contribution >= 0.6 is 0 Å². The fourth-order valence-corrected chi connectivity index (χ4v) is 2.46. The molecule has 2 heteroatoms. The van der Waals surface area contributed by atoms with Crippen molar-refractivity contribution in [2.45, 2.75) is 32.6 Å². The van der Waals surface area contributed by atoms with E-state index in [1.54, 1.807) is 6.07 Å². The third kappa shape index (κ3) is 1.58. The summed E-state index contributed by atoms with van der Waals surface area (Å²) in [5.41, 5.74) is 1.43. The number of hydrogen-bond acceptors (Lipinski definition) is 1. The van der Waals surface area contributed by atoms with Gasteiger partial charge in [-0.05, 0) is 36.0 Å². The lowest BCUT2D eigenvalue weighted by Crippen LogP contribution is -2.21. The summed E-state index contributed by atoms with van der Waals surface area (Å²) in [6.07, 6.45) is 2.61. The summed E-state index contributed by atoms with van der Waals surface area (Å²) < 4.78 is 13.5. The average molecular weight is 206 g/mol. The second kappa shape index (κ2) is 3.44. The Kier molecular flexibility index (Phi) is 2.37. The second-order valence-electron chi connectivity index (χ2n) is 4.84. The Morgan fingerprint density at radius 1 is 1.47 bits per heavy atom. The highest BCUT2D eigenvalue weighted by Gasteiger charge is 2.36. The Morgan fingerprint density at radius 2 is 2.20 bits per heavy atom. The molecule has 80 valence electrons. The predicted octanol–water partition coefficient (Wildman–Crippen LogP) is 3.08. The standard InChI is InChI=1S/C13H15FO/c1-13(2,8-15)11-7-6-10-9(11)4-3-5-12(10)14/h3-5,8,11H,6-7H2,1-2H3. The molecule has 0 bridgehead atoms. The Bertz CT molecular complexity index is 396. The molecule has 0 saturated heterocycles. The molecule has 0 N–H and O–H groups in total. The highest BCUT2D eigenvalue weighted by Crippen LogP contribution is 2.44. The van der Waals surface area contributed by atoms with Crippen LogP contribution in [0.5, 0.6) is 0 Å². The number of aldehydes is 1. The third-order valence-electron chi connectivity index (χ3n) is 3.42. The molecular formula is C13H15FO. The lowest BCUT2D eigenvalue weighted by Gasteiger charge is -2.26. The van der Waals surface area contributed by atoms with Gasteiger partial charge in [0.25, 0.3) is 0 Å². The zero-order chi connectivity index (χ0) is 11.1. The number of hydrogen-bond donors (Lipinski definition) is 0. The van der Waals surface area contributed by atoms with Gasteiger partial charge in [0.15, 0.2) is 0 Å². The summed E-state index contributed by atoms with van der Waals surface area (Å²) in [6, 6.07) is 5.17. The van der Waals surface area contributed by atoms with Crippen molar-refractivity contribution in [2.24, 2.45) is 5.41 Å². The number of rotatable bonds is 2. The molecule has 1 aromatic carbocycles. The molecule has 0 spiro atoms. The van der Waals surface area contributed by atoms with Gasteiger partial charge >= 0.3 is 0 Å². The van der Waals surface area contributed by atoms with Crippen molar-refractivity contribution >= 4 is 6.29 Å². The topological polar surface area (TPSA) is 17.1 Å². The third-order valence-corrected chi connectivity index (χ3v) is 3.42. The molecule has 2 rings (SSSR count). The molecule has 1 unspecified atom stereocenters. The lowest BCUT2D eigenvalue weighted by atomic mass is 9.77. The van der Waals surface area contributed by atoms with E-state index in [1.807, 2.05) is 19.9 Å². The quantitative estimate of drug-likeness (QED) is 0.679. The average Bonchev–Trinajstić information content (AvgIpc) is 2.63. The van der Waals surface area contributed by atoms with E-state index in [9.17, 15) is 9.18 Å². The summed E-state index contributed by atoms with van der Waals surface area (Å²) >= 11 is 0. The highest BCUT2D eigenvalue weighted by molar-refractivity contribution is 5.61. The lowest BCUT2D eigenvalue weighted by molar-refractivity contribution is -0.115. The van der Waals surface area contributed by atoms with Crippen molar-refractivity contribution in [3.63, 3.8) is 0 Å². The van der Waals surface area contributed by atoms with Crippen LogP contribution in [0.4, 0.5) is 4.39 Å². The van der Waals surface area contributed by atoms with Gasteiger partial charge in [-0.3, -0.25) is 0 Å². The Hall–Kier alpha value is -1.18. The van der Waals surface area contributed by atoms with Crippen LogP contribution in [0.3, 0.4) is 0 Å². The summed E-state index contributed by atoms with van der Waals surface area (Å²) in [4.78, 5) is 11.0. The molecule has 0 amide bonds. The van der Waals surface area contributed by atoms with E-state index in [0.29, 0.717) is 0 Å². The SMILES string of the molecule is CC(C)(C=O)C1CCc2c(F)cccc21.